The van der Waals surface area contributed by atoms with Crippen molar-refractivity contribution in [3.63, 3.8) is 0 Å². The van der Waals surface area contributed by atoms with E-state index in [1.807, 2.05) is 0 Å². The molecule has 0 aromatic heterocycles. The van der Waals surface area contributed by atoms with Gasteiger partial charge in [-0.1, -0.05) is 0 Å². The first-order valence-corrected chi connectivity index (χ1v) is 7.36. The molecule has 0 aliphatic carbocycles. The Bertz CT molecular complexity index is 101. The van der Waals surface area contributed by atoms with Gasteiger partial charge in [0.15, 0.2) is 0 Å². The minimum absolute atomic E-state index is 0.716. The Morgan fingerprint density at radius 3 is 1.82 bits per heavy atom. The molecule has 11 heavy (non-hydrogen) atoms. The first kappa shape index (κ1) is 11.7. The van der Waals surface area contributed by atoms with Gasteiger partial charge in [-0.05, 0) is 0 Å². The SMILES string of the molecule is NCN([SiH3])CN([SiH3])CN([SiH3])[SiH3]. The lowest BCUT2D eigenvalue weighted by Gasteiger charge is -2.26. The number of rotatable bonds is 5. The predicted octanol–water partition coefficient (Wildman–Crippen LogP) is -6.15. The van der Waals surface area contributed by atoms with Gasteiger partial charge in [0.2, 0.25) is 0 Å². The summed E-state index contributed by atoms with van der Waals surface area (Å²) < 4.78 is 7.17. The molecule has 0 amide bonds. The van der Waals surface area contributed by atoms with Gasteiger partial charge >= 0.3 is 0 Å². The van der Waals surface area contributed by atoms with Crippen LogP contribution < -0.4 is 5.73 Å². The monoisotopic (exact) mass is 224 g/mol. The quantitative estimate of drug-likeness (QED) is 0.373. The summed E-state index contributed by atoms with van der Waals surface area (Å²) in [5.41, 5.74) is 5.50. The highest BCUT2D eigenvalue weighted by Crippen LogP contribution is 1.84. The van der Waals surface area contributed by atoms with Crippen LogP contribution in [0.4, 0.5) is 0 Å². The normalized spacial score (nSPS) is 13.1. The van der Waals surface area contributed by atoms with Crippen molar-refractivity contribution in [2.75, 3.05) is 20.0 Å². The maximum atomic E-state index is 5.50. The Labute approximate surface area is 81.1 Å². The Hall–Kier alpha value is 0.708. The molecule has 0 spiro atoms. The van der Waals surface area contributed by atoms with Crippen LogP contribution >= 0.6 is 0 Å². The second kappa shape index (κ2) is 6.25. The van der Waals surface area contributed by atoms with Crippen LogP contribution in [0.25, 0.3) is 0 Å². The van der Waals surface area contributed by atoms with Gasteiger partial charge in [-0.2, -0.15) is 0 Å². The molecule has 0 bridgehead atoms. The highest BCUT2D eigenvalue weighted by atomic mass is 28.2. The molecule has 4 nitrogen and oxygen atoms in total. The minimum atomic E-state index is 0.716. The minimum Gasteiger partial charge on any atom is -0.349 e. The van der Waals surface area contributed by atoms with Crippen LogP contribution in [0.5, 0.6) is 0 Å². The van der Waals surface area contributed by atoms with E-state index in [0.717, 1.165) is 27.5 Å². The molecule has 0 atom stereocenters. The summed E-state index contributed by atoms with van der Waals surface area (Å²) in [6, 6.07) is 0. The highest BCUT2D eigenvalue weighted by Gasteiger charge is 2.00. The first-order chi connectivity index (χ1) is 5.06. The predicted molar refractivity (Wildman–Crippen MR) is 64.1 cm³/mol. The van der Waals surface area contributed by atoms with E-state index in [4.69, 9.17) is 5.73 Å². The Kier molecular flexibility index (Phi) is 6.65. The largest absolute Gasteiger partial charge is 0.349 e. The van der Waals surface area contributed by atoms with Crippen LogP contribution in [0.2, 0.25) is 0 Å². The van der Waals surface area contributed by atoms with E-state index >= 15 is 0 Å². The van der Waals surface area contributed by atoms with Crippen molar-refractivity contribution in [3.8, 4) is 0 Å². The Morgan fingerprint density at radius 1 is 0.909 bits per heavy atom. The van der Waals surface area contributed by atoms with Crippen LogP contribution in [0.1, 0.15) is 0 Å². The fraction of sp³-hybridized carbons (Fsp3) is 1.00. The van der Waals surface area contributed by atoms with Crippen molar-refractivity contribution in [2.24, 2.45) is 5.73 Å². The summed E-state index contributed by atoms with van der Waals surface area (Å²) >= 11 is 0. The lowest BCUT2D eigenvalue weighted by Crippen LogP contribution is -2.42. The van der Waals surface area contributed by atoms with E-state index in [9.17, 15) is 0 Å². The van der Waals surface area contributed by atoms with Gasteiger partial charge in [-0.25, -0.2) is 0 Å². The molecule has 0 unspecified atom stereocenters. The van der Waals surface area contributed by atoms with Gasteiger partial charge < -0.3 is 19.1 Å². The molecular weight excluding hydrogens is 204 g/mol. The average molecular weight is 225 g/mol. The van der Waals surface area contributed by atoms with Crippen LogP contribution in [0.15, 0.2) is 0 Å². The molecular formula is C3H20N4Si4. The van der Waals surface area contributed by atoms with Crippen LogP contribution in [-0.2, 0) is 0 Å². The molecule has 0 heterocycles. The van der Waals surface area contributed by atoms with E-state index < -0.39 is 0 Å². The molecule has 0 aromatic carbocycles. The molecule has 0 fully saturated rings. The fourth-order valence-electron chi connectivity index (χ4n) is 0.997. The second-order valence-electron chi connectivity index (χ2n) is 3.26. The molecule has 68 valence electrons. The van der Waals surface area contributed by atoms with E-state index in [1.165, 1.54) is 27.5 Å². The van der Waals surface area contributed by atoms with E-state index in [0.29, 0.717) is 6.67 Å². The Balaban J connectivity index is 3.43. The zero-order chi connectivity index (χ0) is 8.85. The number of nitrogens with zero attached hydrogens (tertiary/aromatic N) is 3. The molecule has 0 radical (unpaired) electrons. The van der Waals surface area contributed by atoms with Gasteiger partial charge in [-0.15, -0.1) is 0 Å². The zero-order valence-electron chi connectivity index (χ0n) is 8.04. The number of hydrogen-bond donors (Lipinski definition) is 1. The van der Waals surface area contributed by atoms with E-state index in [-0.39, 0.29) is 0 Å². The fourth-order valence-corrected chi connectivity index (χ4v) is 5.19. The van der Waals surface area contributed by atoms with E-state index in [2.05, 4.69) is 13.4 Å². The summed E-state index contributed by atoms with van der Waals surface area (Å²) in [4.78, 5) is 0. The second-order valence-corrected chi connectivity index (χ2v) is 10.6. The van der Waals surface area contributed by atoms with Crippen LogP contribution in [0.3, 0.4) is 0 Å². The number of nitrogens with two attached hydrogens (primary N) is 1. The summed E-state index contributed by atoms with van der Waals surface area (Å²) in [5.74, 6) is 0. The molecule has 0 aromatic rings. The lowest BCUT2D eigenvalue weighted by atomic mass is 10.9. The molecule has 0 rings (SSSR count). The van der Waals surface area contributed by atoms with Crippen LogP contribution in [-0.4, -0.2) is 75.0 Å². The summed E-state index contributed by atoms with van der Waals surface area (Å²) in [5, 5.41) is 0. The van der Waals surface area contributed by atoms with Gasteiger partial charge in [0.05, 0.1) is 41.6 Å². The Morgan fingerprint density at radius 2 is 1.45 bits per heavy atom. The maximum absolute atomic E-state index is 5.50. The number of hydrogen-bond acceptors (Lipinski definition) is 4. The summed E-state index contributed by atoms with van der Waals surface area (Å²) in [7, 11) is 4.64. The maximum Gasteiger partial charge on any atom is 0.0815 e. The smallest absolute Gasteiger partial charge is 0.0815 e. The highest BCUT2D eigenvalue weighted by molar-refractivity contribution is 6.25. The van der Waals surface area contributed by atoms with Gasteiger partial charge in [0, 0.05) is 20.0 Å². The van der Waals surface area contributed by atoms with Crippen LogP contribution in [0, 0.1) is 0 Å². The van der Waals surface area contributed by atoms with Gasteiger partial charge in [-0.3, -0.25) is 0 Å². The third kappa shape index (κ3) is 7.08. The molecule has 0 aliphatic rings. The van der Waals surface area contributed by atoms with Crippen molar-refractivity contribution < 1.29 is 0 Å². The van der Waals surface area contributed by atoms with Crippen molar-refractivity contribution in [3.05, 3.63) is 0 Å². The zero-order valence-corrected chi connectivity index (χ0v) is 16.0. The molecule has 0 aliphatic heterocycles. The molecule has 8 heteroatoms. The first-order valence-electron chi connectivity index (χ1n) is 3.78. The third-order valence-electron chi connectivity index (χ3n) is 1.32. The lowest BCUT2D eigenvalue weighted by molar-refractivity contribution is 0.283. The van der Waals surface area contributed by atoms with E-state index in [1.54, 1.807) is 0 Å². The summed E-state index contributed by atoms with van der Waals surface area (Å²) in [6.45, 7) is 2.96. The standard InChI is InChI=1S/C3H20N4Si4/c4-1-5(8)2-6(9)3-7(10)11/h1-4H2,8-11H3. The average Bonchev–Trinajstić information content (AvgIpc) is 1.85. The topological polar surface area (TPSA) is 35.7 Å². The molecule has 0 saturated carbocycles. The van der Waals surface area contributed by atoms with Gasteiger partial charge in [0.1, 0.15) is 0 Å². The van der Waals surface area contributed by atoms with Crippen molar-refractivity contribution in [2.45, 2.75) is 0 Å². The molecule has 2 N–H and O–H groups in total. The molecule has 0 saturated heterocycles. The van der Waals surface area contributed by atoms with Crippen molar-refractivity contribution in [1.82, 2.24) is 13.4 Å². The third-order valence-corrected chi connectivity index (χ3v) is 3.10. The summed E-state index contributed by atoms with van der Waals surface area (Å²) in [6.07, 6.45) is 0. The van der Waals surface area contributed by atoms with Crippen molar-refractivity contribution >= 4 is 41.6 Å². The van der Waals surface area contributed by atoms with Crippen molar-refractivity contribution in [1.29, 1.82) is 0 Å². The van der Waals surface area contributed by atoms with Gasteiger partial charge in [0.25, 0.3) is 0 Å².